The molecule has 5 rings (SSSR count). The molecule has 0 bridgehead atoms. The Balaban J connectivity index is 1.61. The number of hydrogen-bond donors (Lipinski definition) is 0. The van der Waals surface area contributed by atoms with Crippen LogP contribution in [0.4, 0.5) is 13.2 Å². The molecule has 0 N–H and O–H groups in total. The molecule has 0 saturated heterocycles. The van der Waals surface area contributed by atoms with Crippen LogP contribution in [0.2, 0.25) is 0 Å². The lowest BCUT2D eigenvalue weighted by atomic mass is 9.87. The van der Waals surface area contributed by atoms with Crippen LogP contribution in [0.5, 0.6) is 0 Å². The first-order valence-corrected chi connectivity index (χ1v) is 11.6. The summed E-state index contributed by atoms with van der Waals surface area (Å²) in [6.07, 6.45) is -0.891. The van der Waals surface area contributed by atoms with E-state index in [0.29, 0.717) is 35.0 Å². The molecule has 3 aromatic rings. The predicted molar refractivity (Wildman–Crippen MR) is 119 cm³/mol. The molecular weight excluding hydrogens is 483 g/mol. The number of halogens is 4. The molecular formula is C24H21BrF3N3O. The fourth-order valence-corrected chi connectivity index (χ4v) is 5.37. The Bertz CT molecular complexity index is 1220. The van der Waals surface area contributed by atoms with Gasteiger partial charge < -0.3 is 4.90 Å². The van der Waals surface area contributed by atoms with Crippen LogP contribution in [0.1, 0.15) is 50.8 Å². The van der Waals surface area contributed by atoms with E-state index in [9.17, 15) is 18.0 Å². The summed E-state index contributed by atoms with van der Waals surface area (Å²) in [5.41, 5.74) is 3.89. The van der Waals surface area contributed by atoms with Gasteiger partial charge in [0.05, 0.1) is 6.04 Å². The maximum atomic E-state index is 13.7. The van der Waals surface area contributed by atoms with E-state index in [4.69, 9.17) is 0 Å². The standard InChI is InChI=1S/C24H21BrF3N3O/c1-30-13-20(22(29-30)24(26,27)28)18-10-14(12-25)11-19-17(18)8-9-31(23(19)32)21-7-6-15-4-2-3-5-16(15)21/h2-5,10-11,13,21H,6-9,12H2,1H3/t21-/m0/s1. The van der Waals surface area contributed by atoms with Gasteiger partial charge in [0.1, 0.15) is 0 Å². The fourth-order valence-electron chi connectivity index (χ4n) is 5.05. The number of aryl methyl sites for hydroxylation is 2. The van der Waals surface area contributed by atoms with E-state index in [1.54, 1.807) is 6.07 Å². The van der Waals surface area contributed by atoms with Crippen LogP contribution in [-0.2, 0) is 31.4 Å². The molecule has 32 heavy (non-hydrogen) atoms. The second-order valence-electron chi connectivity index (χ2n) is 8.37. The minimum atomic E-state index is -4.58. The quantitative estimate of drug-likeness (QED) is 0.430. The lowest BCUT2D eigenvalue weighted by Crippen LogP contribution is -2.40. The highest BCUT2D eigenvalue weighted by atomic mass is 79.9. The van der Waals surface area contributed by atoms with Crippen molar-refractivity contribution >= 4 is 21.8 Å². The summed E-state index contributed by atoms with van der Waals surface area (Å²) in [6.45, 7) is 0.479. The number of rotatable bonds is 3. The van der Waals surface area contributed by atoms with E-state index < -0.39 is 11.9 Å². The lowest BCUT2D eigenvalue weighted by molar-refractivity contribution is -0.140. The minimum Gasteiger partial charge on any atom is -0.331 e. The third-order valence-corrected chi connectivity index (χ3v) is 7.07. The van der Waals surface area contributed by atoms with Crippen molar-refractivity contribution in [2.24, 2.45) is 7.05 Å². The molecule has 0 unspecified atom stereocenters. The molecule has 2 heterocycles. The van der Waals surface area contributed by atoms with Crippen molar-refractivity contribution in [2.75, 3.05) is 6.54 Å². The summed E-state index contributed by atoms with van der Waals surface area (Å²) >= 11 is 3.41. The first-order valence-electron chi connectivity index (χ1n) is 10.5. The van der Waals surface area contributed by atoms with Gasteiger partial charge in [0.15, 0.2) is 5.69 Å². The monoisotopic (exact) mass is 503 g/mol. The molecule has 0 spiro atoms. The van der Waals surface area contributed by atoms with Crippen molar-refractivity contribution in [1.82, 2.24) is 14.7 Å². The van der Waals surface area contributed by atoms with Crippen molar-refractivity contribution in [3.63, 3.8) is 0 Å². The number of amides is 1. The van der Waals surface area contributed by atoms with Crippen LogP contribution in [0.15, 0.2) is 42.6 Å². The zero-order chi connectivity index (χ0) is 22.6. The SMILES string of the molecule is Cn1cc(-c2cc(CBr)cc3c2CCN([C@H]2CCc4ccccc42)C3=O)c(C(F)(F)F)n1. The van der Waals surface area contributed by atoms with Gasteiger partial charge in [-0.1, -0.05) is 40.2 Å². The third kappa shape index (κ3) is 3.45. The molecule has 0 saturated carbocycles. The average Bonchev–Trinajstić information content (AvgIpc) is 3.37. The van der Waals surface area contributed by atoms with Crippen molar-refractivity contribution in [3.8, 4) is 11.1 Å². The van der Waals surface area contributed by atoms with Gasteiger partial charge >= 0.3 is 6.18 Å². The second kappa shape index (κ2) is 7.76. The molecule has 0 radical (unpaired) electrons. The Morgan fingerprint density at radius 2 is 1.88 bits per heavy atom. The van der Waals surface area contributed by atoms with Gasteiger partial charge in [0, 0.05) is 36.2 Å². The van der Waals surface area contributed by atoms with E-state index in [-0.39, 0.29) is 17.5 Å². The Hall–Kier alpha value is -2.61. The van der Waals surface area contributed by atoms with Crippen LogP contribution in [0.25, 0.3) is 11.1 Å². The van der Waals surface area contributed by atoms with E-state index in [2.05, 4.69) is 33.2 Å². The van der Waals surface area contributed by atoms with E-state index in [1.165, 1.54) is 29.1 Å². The van der Waals surface area contributed by atoms with Gasteiger partial charge in [-0.3, -0.25) is 9.48 Å². The molecule has 1 amide bonds. The highest BCUT2D eigenvalue weighted by molar-refractivity contribution is 9.08. The summed E-state index contributed by atoms with van der Waals surface area (Å²) in [7, 11) is 1.48. The fraction of sp³-hybridized carbons (Fsp3) is 0.333. The van der Waals surface area contributed by atoms with Gasteiger partial charge in [0.2, 0.25) is 0 Å². The van der Waals surface area contributed by atoms with Crippen LogP contribution in [0.3, 0.4) is 0 Å². The number of nitrogens with zero attached hydrogens (tertiary/aromatic N) is 3. The molecule has 8 heteroatoms. The van der Waals surface area contributed by atoms with Crippen LogP contribution < -0.4 is 0 Å². The molecule has 1 aliphatic heterocycles. The van der Waals surface area contributed by atoms with Gasteiger partial charge in [0.25, 0.3) is 5.91 Å². The molecule has 2 aliphatic rings. The van der Waals surface area contributed by atoms with Gasteiger partial charge in [-0.2, -0.15) is 18.3 Å². The van der Waals surface area contributed by atoms with Crippen molar-refractivity contribution in [2.45, 2.75) is 36.8 Å². The van der Waals surface area contributed by atoms with Gasteiger partial charge in [-0.25, -0.2) is 0 Å². The summed E-state index contributed by atoms with van der Waals surface area (Å²) in [5.74, 6) is -0.116. The summed E-state index contributed by atoms with van der Waals surface area (Å²) < 4.78 is 42.2. The predicted octanol–water partition coefficient (Wildman–Crippen LogP) is 5.69. The largest absolute Gasteiger partial charge is 0.435 e. The minimum absolute atomic E-state index is 0.00653. The maximum absolute atomic E-state index is 13.7. The number of aromatic nitrogens is 2. The molecule has 166 valence electrons. The smallest absolute Gasteiger partial charge is 0.331 e. The maximum Gasteiger partial charge on any atom is 0.435 e. The van der Waals surface area contributed by atoms with E-state index in [1.807, 2.05) is 23.1 Å². The zero-order valence-corrected chi connectivity index (χ0v) is 19.0. The Morgan fingerprint density at radius 1 is 1.12 bits per heavy atom. The van der Waals surface area contributed by atoms with Crippen molar-refractivity contribution in [1.29, 1.82) is 0 Å². The Kier molecular flexibility index (Phi) is 5.15. The first-order chi connectivity index (χ1) is 15.3. The first kappa shape index (κ1) is 21.2. The molecule has 0 fully saturated rings. The van der Waals surface area contributed by atoms with Gasteiger partial charge in [-0.15, -0.1) is 0 Å². The zero-order valence-electron chi connectivity index (χ0n) is 17.4. The average molecular weight is 504 g/mol. The van der Waals surface area contributed by atoms with Crippen LogP contribution in [0, 0.1) is 0 Å². The molecule has 2 aromatic carbocycles. The number of benzene rings is 2. The number of carbonyl (C=O) groups excluding carboxylic acids is 1. The molecule has 1 aliphatic carbocycles. The Labute approximate surface area is 192 Å². The number of carbonyl (C=O) groups is 1. The van der Waals surface area contributed by atoms with Crippen molar-refractivity contribution in [3.05, 3.63) is 76.1 Å². The normalized spacial score (nSPS) is 18.1. The highest BCUT2D eigenvalue weighted by Gasteiger charge is 2.40. The van der Waals surface area contributed by atoms with Crippen molar-refractivity contribution < 1.29 is 18.0 Å². The number of fused-ring (bicyclic) bond motifs is 2. The van der Waals surface area contributed by atoms with Crippen LogP contribution >= 0.6 is 15.9 Å². The summed E-state index contributed by atoms with van der Waals surface area (Å²) in [4.78, 5) is 15.5. The topological polar surface area (TPSA) is 38.1 Å². The second-order valence-corrected chi connectivity index (χ2v) is 8.93. The van der Waals surface area contributed by atoms with E-state index in [0.717, 1.165) is 18.4 Å². The molecule has 4 nitrogen and oxygen atoms in total. The van der Waals surface area contributed by atoms with E-state index >= 15 is 0 Å². The molecule has 1 atom stereocenters. The number of alkyl halides is 4. The number of hydrogen-bond acceptors (Lipinski definition) is 2. The summed E-state index contributed by atoms with van der Waals surface area (Å²) in [6, 6.07) is 11.7. The van der Waals surface area contributed by atoms with Gasteiger partial charge in [-0.05, 0) is 59.2 Å². The lowest BCUT2D eigenvalue weighted by Gasteiger charge is -2.35. The highest BCUT2D eigenvalue weighted by Crippen LogP contribution is 2.42. The Morgan fingerprint density at radius 3 is 2.62 bits per heavy atom. The third-order valence-electron chi connectivity index (χ3n) is 6.42. The molecule has 1 aromatic heterocycles. The summed E-state index contributed by atoms with van der Waals surface area (Å²) in [5, 5.41) is 4.11. The van der Waals surface area contributed by atoms with Crippen LogP contribution in [-0.4, -0.2) is 27.1 Å².